The second kappa shape index (κ2) is 4.25. The van der Waals surface area contributed by atoms with Crippen LogP contribution in [0.3, 0.4) is 0 Å². The third-order valence-electron chi connectivity index (χ3n) is 1.69. The average molecular weight is 182 g/mol. The molecule has 2 N–H and O–H groups in total. The van der Waals surface area contributed by atoms with Crippen LogP contribution in [0.15, 0.2) is 24.3 Å². The molecule has 2 unspecified atom stereocenters. The highest BCUT2D eigenvalue weighted by atomic mass is 16.6. The van der Waals surface area contributed by atoms with Gasteiger partial charge in [0, 0.05) is 0 Å². The Morgan fingerprint density at radius 3 is 2.15 bits per heavy atom. The molecule has 0 saturated heterocycles. The Labute approximate surface area is 77.6 Å². The number of ether oxygens (including phenoxy) is 1. The minimum Gasteiger partial charge on any atom is -0.462 e. The SMILES string of the molecule is Cc1ccc(OC(O)C(C)O)cc1. The van der Waals surface area contributed by atoms with E-state index >= 15 is 0 Å². The Morgan fingerprint density at radius 2 is 1.69 bits per heavy atom. The van der Waals surface area contributed by atoms with Gasteiger partial charge in [-0.25, -0.2) is 0 Å². The maximum absolute atomic E-state index is 9.18. The zero-order chi connectivity index (χ0) is 9.84. The molecule has 0 amide bonds. The normalized spacial score (nSPS) is 15.1. The van der Waals surface area contributed by atoms with Gasteiger partial charge < -0.3 is 14.9 Å². The third kappa shape index (κ3) is 3.05. The maximum Gasteiger partial charge on any atom is 0.223 e. The van der Waals surface area contributed by atoms with Crippen molar-refractivity contribution in [2.24, 2.45) is 0 Å². The molecule has 2 atom stereocenters. The van der Waals surface area contributed by atoms with E-state index in [1.54, 1.807) is 12.1 Å². The molecule has 3 heteroatoms. The van der Waals surface area contributed by atoms with Gasteiger partial charge >= 0.3 is 0 Å². The van der Waals surface area contributed by atoms with E-state index in [1.807, 2.05) is 19.1 Å². The van der Waals surface area contributed by atoms with Crippen molar-refractivity contribution in [1.82, 2.24) is 0 Å². The van der Waals surface area contributed by atoms with E-state index in [-0.39, 0.29) is 0 Å². The smallest absolute Gasteiger partial charge is 0.223 e. The highest BCUT2D eigenvalue weighted by Gasteiger charge is 2.11. The summed E-state index contributed by atoms with van der Waals surface area (Å²) in [5.74, 6) is 0.555. The predicted molar refractivity (Wildman–Crippen MR) is 49.5 cm³/mol. The molecule has 72 valence electrons. The monoisotopic (exact) mass is 182 g/mol. The Morgan fingerprint density at radius 1 is 1.15 bits per heavy atom. The molecule has 1 rings (SSSR count). The molecular formula is C10H14O3. The van der Waals surface area contributed by atoms with E-state index in [1.165, 1.54) is 6.92 Å². The maximum atomic E-state index is 9.18. The van der Waals surface area contributed by atoms with Crippen molar-refractivity contribution in [2.45, 2.75) is 26.2 Å². The fourth-order valence-corrected chi connectivity index (χ4v) is 0.855. The van der Waals surface area contributed by atoms with E-state index < -0.39 is 12.4 Å². The van der Waals surface area contributed by atoms with Gasteiger partial charge in [-0.15, -0.1) is 0 Å². The molecule has 1 aromatic rings. The molecule has 13 heavy (non-hydrogen) atoms. The van der Waals surface area contributed by atoms with Crippen LogP contribution in [0, 0.1) is 6.92 Å². The van der Waals surface area contributed by atoms with Crippen LogP contribution in [0.1, 0.15) is 12.5 Å². The van der Waals surface area contributed by atoms with Gasteiger partial charge in [0.25, 0.3) is 0 Å². The Balaban J connectivity index is 2.59. The molecular weight excluding hydrogens is 168 g/mol. The Bertz CT molecular complexity index is 253. The molecule has 0 fully saturated rings. The Kier molecular flexibility index (Phi) is 3.28. The first kappa shape index (κ1) is 10.0. The number of aliphatic hydroxyl groups excluding tert-OH is 2. The first-order chi connectivity index (χ1) is 6.09. The Hall–Kier alpha value is -1.06. The van der Waals surface area contributed by atoms with Crippen LogP contribution < -0.4 is 4.74 Å². The average Bonchev–Trinajstić information content (AvgIpc) is 2.08. The zero-order valence-corrected chi connectivity index (χ0v) is 7.77. The molecule has 0 spiro atoms. The number of aliphatic hydroxyl groups is 2. The molecule has 0 aliphatic heterocycles. The van der Waals surface area contributed by atoms with Gasteiger partial charge in [0.15, 0.2) is 0 Å². The summed E-state index contributed by atoms with van der Waals surface area (Å²) in [6.45, 7) is 3.44. The summed E-state index contributed by atoms with van der Waals surface area (Å²) in [5, 5.41) is 18.1. The van der Waals surface area contributed by atoms with E-state index in [0.717, 1.165) is 5.56 Å². The van der Waals surface area contributed by atoms with Gasteiger partial charge in [-0.05, 0) is 26.0 Å². The molecule has 0 radical (unpaired) electrons. The first-order valence-electron chi connectivity index (χ1n) is 4.19. The molecule has 0 aliphatic rings. The van der Waals surface area contributed by atoms with Crippen molar-refractivity contribution < 1.29 is 14.9 Å². The summed E-state index contributed by atoms with van der Waals surface area (Å²) in [6.07, 6.45) is -2.05. The lowest BCUT2D eigenvalue weighted by Gasteiger charge is -2.15. The lowest BCUT2D eigenvalue weighted by atomic mass is 10.2. The van der Waals surface area contributed by atoms with Crippen LogP contribution in [-0.2, 0) is 0 Å². The van der Waals surface area contributed by atoms with E-state index in [9.17, 15) is 5.11 Å². The van der Waals surface area contributed by atoms with Gasteiger partial charge in [0.1, 0.15) is 11.9 Å². The lowest BCUT2D eigenvalue weighted by Crippen LogP contribution is -2.28. The third-order valence-corrected chi connectivity index (χ3v) is 1.69. The van der Waals surface area contributed by atoms with Crippen LogP contribution in [0.4, 0.5) is 0 Å². The summed E-state index contributed by atoms with van der Waals surface area (Å²) in [4.78, 5) is 0. The predicted octanol–water partition coefficient (Wildman–Crippen LogP) is 1.07. The summed E-state index contributed by atoms with van der Waals surface area (Å²) >= 11 is 0. The van der Waals surface area contributed by atoms with Crippen LogP contribution in [-0.4, -0.2) is 22.6 Å². The molecule has 0 aliphatic carbocycles. The van der Waals surface area contributed by atoms with Crippen LogP contribution >= 0.6 is 0 Å². The van der Waals surface area contributed by atoms with E-state index in [0.29, 0.717) is 5.75 Å². The van der Waals surface area contributed by atoms with Crippen molar-refractivity contribution in [3.05, 3.63) is 29.8 Å². The molecule has 0 saturated carbocycles. The van der Waals surface area contributed by atoms with Gasteiger partial charge in [0.2, 0.25) is 6.29 Å². The second-order valence-electron chi connectivity index (χ2n) is 3.06. The minimum atomic E-state index is -1.16. The quantitative estimate of drug-likeness (QED) is 0.687. The molecule has 3 nitrogen and oxygen atoms in total. The van der Waals surface area contributed by atoms with Crippen molar-refractivity contribution in [2.75, 3.05) is 0 Å². The number of hydrogen-bond acceptors (Lipinski definition) is 3. The van der Waals surface area contributed by atoms with Crippen LogP contribution in [0.2, 0.25) is 0 Å². The largest absolute Gasteiger partial charge is 0.462 e. The topological polar surface area (TPSA) is 49.7 Å². The number of rotatable bonds is 3. The fraction of sp³-hybridized carbons (Fsp3) is 0.400. The van der Waals surface area contributed by atoms with Crippen molar-refractivity contribution in [1.29, 1.82) is 0 Å². The van der Waals surface area contributed by atoms with Gasteiger partial charge in [-0.3, -0.25) is 0 Å². The summed E-state index contributed by atoms with van der Waals surface area (Å²) < 4.78 is 5.04. The van der Waals surface area contributed by atoms with Crippen LogP contribution in [0.5, 0.6) is 5.75 Å². The van der Waals surface area contributed by atoms with E-state index in [4.69, 9.17) is 9.84 Å². The summed E-state index contributed by atoms with van der Waals surface area (Å²) in [5.41, 5.74) is 1.12. The summed E-state index contributed by atoms with van der Waals surface area (Å²) in [7, 11) is 0. The van der Waals surface area contributed by atoms with Crippen molar-refractivity contribution >= 4 is 0 Å². The molecule has 1 aromatic carbocycles. The van der Waals surface area contributed by atoms with Gasteiger partial charge in [-0.2, -0.15) is 0 Å². The molecule has 0 heterocycles. The highest BCUT2D eigenvalue weighted by molar-refractivity contribution is 5.26. The van der Waals surface area contributed by atoms with Gasteiger partial charge in [0.05, 0.1) is 0 Å². The first-order valence-corrected chi connectivity index (χ1v) is 4.19. The number of hydrogen-bond donors (Lipinski definition) is 2. The summed E-state index contributed by atoms with van der Waals surface area (Å²) in [6, 6.07) is 7.26. The lowest BCUT2D eigenvalue weighted by molar-refractivity contribution is -0.0959. The molecule has 0 aromatic heterocycles. The van der Waals surface area contributed by atoms with Gasteiger partial charge in [-0.1, -0.05) is 17.7 Å². The number of aryl methyl sites for hydroxylation is 1. The highest BCUT2D eigenvalue weighted by Crippen LogP contribution is 2.13. The molecule has 0 bridgehead atoms. The standard InChI is InChI=1S/C10H14O3/c1-7-3-5-9(6-4-7)13-10(12)8(2)11/h3-6,8,10-12H,1-2H3. The fourth-order valence-electron chi connectivity index (χ4n) is 0.855. The minimum absolute atomic E-state index is 0.555. The van der Waals surface area contributed by atoms with Crippen molar-refractivity contribution in [3.63, 3.8) is 0 Å². The zero-order valence-electron chi connectivity index (χ0n) is 7.77. The second-order valence-corrected chi connectivity index (χ2v) is 3.06. The number of benzene rings is 1. The van der Waals surface area contributed by atoms with Crippen molar-refractivity contribution in [3.8, 4) is 5.75 Å². The van der Waals surface area contributed by atoms with Crippen LogP contribution in [0.25, 0.3) is 0 Å². The van der Waals surface area contributed by atoms with E-state index in [2.05, 4.69) is 0 Å².